The van der Waals surface area contributed by atoms with E-state index in [0.29, 0.717) is 13.2 Å². The van der Waals surface area contributed by atoms with Crippen LogP contribution in [0.2, 0.25) is 5.02 Å². The van der Waals surface area contributed by atoms with Gasteiger partial charge in [-0.05, 0) is 17.7 Å². The third kappa shape index (κ3) is 4.69. The lowest BCUT2D eigenvalue weighted by atomic mass is 10.2. The molecule has 2 aromatic rings. The Morgan fingerprint density at radius 1 is 1.24 bits per heavy atom. The fraction of sp³-hybridized carbons (Fsp3) is 0.333. The Kier molecular flexibility index (Phi) is 5.86. The van der Waals surface area contributed by atoms with Crippen LogP contribution in [0.3, 0.4) is 0 Å². The van der Waals surface area contributed by atoms with Gasteiger partial charge in [0.25, 0.3) is 0 Å². The van der Waals surface area contributed by atoms with Crippen molar-refractivity contribution in [3.8, 4) is 5.75 Å². The number of ether oxygens (including phenoxy) is 2. The van der Waals surface area contributed by atoms with Crippen LogP contribution in [0.4, 0.5) is 5.69 Å². The number of benzene rings is 2. The molecular formula is C18H19ClN2O4. The van der Waals surface area contributed by atoms with Crippen LogP contribution in [0.5, 0.6) is 5.75 Å². The van der Waals surface area contributed by atoms with Crippen molar-refractivity contribution in [3.05, 3.63) is 69.2 Å². The molecule has 0 amide bonds. The van der Waals surface area contributed by atoms with E-state index in [9.17, 15) is 10.1 Å². The number of hydrogen-bond acceptors (Lipinski definition) is 5. The molecule has 6 nitrogen and oxygen atoms in total. The third-order valence-corrected chi connectivity index (χ3v) is 4.43. The molecule has 0 aromatic heterocycles. The first-order valence-corrected chi connectivity index (χ1v) is 8.45. The van der Waals surface area contributed by atoms with Crippen LogP contribution in [-0.2, 0) is 11.3 Å². The quantitative estimate of drug-likeness (QED) is 0.581. The van der Waals surface area contributed by atoms with E-state index >= 15 is 0 Å². The van der Waals surface area contributed by atoms with Crippen LogP contribution in [0.25, 0.3) is 0 Å². The Bertz CT molecular complexity index is 741. The van der Waals surface area contributed by atoms with Gasteiger partial charge in [-0.3, -0.25) is 15.0 Å². The number of para-hydroxylation sites is 2. The van der Waals surface area contributed by atoms with E-state index < -0.39 is 4.92 Å². The molecule has 0 radical (unpaired) electrons. The van der Waals surface area contributed by atoms with Crippen LogP contribution in [0.15, 0.2) is 48.5 Å². The number of nitro benzene ring substituents is 1. The highest BCUT2D eigenvalue weighted by Crippen LogP contribution is 2.26. The highest BCUT2D eigenvalue weighted by molar-refractivity contribution is 6.31. The van der Waals surface area contributed by atoms with E-state index in [0.717, 1.165) is 23.7 Å². The highest BCUT2D eigenvalue weighted by Gasteiger charge is 2.23. The molecule has 0 aliphatic carbocycles. The van der Waals surface area contributed by atoms with Crippen molar-refractivity contribution in [2.75, 3.05) is 26.3 Å². The molecule has 0 N–H and O–H groups in total. The summed E-state index contributed by atoms with van der Waals surface area (Å²) in [4.78, 5) is 12.8. The molecule has 1 aliphatic rings. The van der Waals surface area contributed by atoms with Crippen LogP contribution < -0.4 is 4.74 Å². The lowest BCUT2D eigenvalue weighted by Gasteiger charge is -2.32. The smallest absolute Gasteiger partial charge is 0.310 e. The number of morpholine rings is 1. The maximum Gasteiger partial charge on any atom is 0.310 e. The maximum atomic E-state index is 11.0. The zero-order valence-corrected chi connectivity index (χ0v) is 14.4. The standard InChI is InChI=1S/C18H19ClN2O4/c19-16-6-2-1-5-14(16)11-20-9-10-24-15(12-20)13-25-18-8-4-3-7-17(18)21(22)23/h1-8,15H,9-13H2/t15-/m1/s1. The molecule has 0 bridgehead atoms. The molecule has 1 heterocycles. The lowest BCUT2D eigenvalue weighted by Crippen LogP contribution is -2.44. The molecular weight excluding hydrogens is 344 g/mol. The number of hydrogen-bond donors (Lipinski definition) is 0. The second-order valence-corrected chi connectivity index (χ2v) is 6.26. The number of rotatable bonds is 6. The van der Waals surface area contributed by atoms with Gasteiger partial charge in [-0.25, -0.2) is 0 Å². The Morgan fingerprint density at radius 3 is 2.80 bits per heavy atom. The van der Waals surface area contributed by atoms with Crippen molar-refractivity contribution >= 4 is 17.3 Å². The Morgan fingerprint density at radius 2 is 2.00 bits per heavy atom. The highest BCUT2D eigenvalue weighted by atomic mass is 35.5. The maximum absolute atomic E-state index is 11.0. The van der Waals surface area contributed by atoms with Crippen molar-refractivity contribution in [1.82, 2.24) is 4.90 Å². The molecule has 7 heteroatoms. The fourth-order valence-electron chi connectivity index (χ4n) is 2.81. The monoisotopic (exact) mass is 362 g/mol. The van der Waals surface area contributed by atoms with Gasteiger partial charge in [0, 0.05) is 30.7 Å². The Hall–Kier alpha value is -2.15. The molecule has 1 saturated heterocycles. The van der Waals surface area contributed by atoms with E-state index in [1.807, 2.05) is 24.3 Å². The van der Waals surface area contributed by atoms with E-state index in [2.05, 4.69) is 4.90 Å². The van der Waals surface area contributed by atoms with Gasteiger partial charge in [0.2, 0.25) is 0 Å². The Balaban J connectivity index is 1.57. The third-order valence-electron chi connectivity index (χ3n) is 4.06. The van der Waals surface area contributed by atoms with Crippen LogP contribution in [0.1, 0.15) is 5.56 Å². The van der Waals surface area contributed by atoms with Crippen molar-refractivity contribution < 1.29 is 14.4 Å². The summed E-state index contributed by atoms with van der Waals surface area (Å²) >= 11 is 6.22. The average Bonchev–Trinajstić information content (AvgIpc) is 2.62. The van der Waals surface area contributed by atoms with Gasteiger partial charge in [0.05, 0.1) is 11.5 Å². The molecule has 0 spiro atoms. The number of nitro groups is 1. The largest absolute Gasteiger partial charge is 0.484 e. The zero-order valence-electron chi connectivity index (χ0n) is 13.6. The first kappa shape index (κ1) is 17.7. The molecule has 132 valence electrons. The summed E-state index contributed by atoms with van der Waals surface area (Å²) in [5.41, 5.74) is 1.04. The topological polar surface area (TPSA) is 64.8 Å². The van der Waals surface area contributed by atoms with Crippen molar-refractivity contribution in [3.63, 3.8) is 0 Å². The predicted octanol–water partition coefficient (Wildman–Crippen LogP) is 3.53. The zero-order chi connectivity index (χ0) is 17.6. The van der Waals surface area contributed by atoms with Gasteiger partial charge >= 0.3 is 5.69 Å². The van der Waals surface area contributed by atoms with Crippen LogP contribution >= 0.6 is 11.6 Å². The minimum atomic E-state index is -0.444. The molecule has 0 unspecified atom stereocenters. The van der Waals surface area contributed by atoms with Crippen LogP contribution in [0, 0.1) is 10.1 Å². The molecule has 1 fully saturated rings. The van der Waals surface area contributed by atoms with Crippen molar-refractivity contribution in [2.24, 2.45) is 0 Å². The normalized spacial score (nSPS) is 18.0. The van der Waals surface area contributed by atoms with Crippen molar-refractivity contribution in [1.29, 1.82) is 0 Å². The summed E-state index contributed by atoms with van der Waals surface area (Å²) in [6.07, 6.45) is -0.143. The minimum Gasteiger partial charge on any atom is -0.484 e. The van der Waals surface area contributed by atoms with E-state index in [1.165, 1.54) is 6.07 Å². The first-order valence-electron chi connectivity index (χ1n) is 8.07. The van der Waals surface area contributed by atoms with Gasteiger partial charge in [0.1, 0.15) is 12.7 Å². The van der Waals surface area contributed by atoms with E-state index in [1.54, 1.807) is 18.2 Å². The van der Waals surface area contributed by atoms with E-state index in [4.69, 9.17) is 21.1 Å². The van der Waals surface area contributed by atoms with Gasteiger partial charge in [-0.1, -0.05) is 41.9 Å². The minimum absolute atomic E-state index is 0.0359. The molecule has 1 atom stereocenters. The second kappa shape index (κ2) is 8.29. The van der Waals surface area contributed by atoms with Gasteiger partial charge in [-0.15, -0.1) is 0 Å². The summed E-state index contributed by atoms with van der Waals surface area (Å²) in [7, 11) is 0. The molecule has 2 aromatic carbocycles. The molecule has 3 rings (SSSR count). The van der Waals surface area contributed by atoms with Gasteiger partial charge < -0.3 is 9.47 Å². The van der Waals surface area contributed by atoms with Crippen LogP contribution in [-0.4, -0.2) is 42.2 Å². The Labute approximate surface area is 151 Å². The molecule has 1 aliphatic heterocycles. The van der Waals surface area contributed by atoms with Gasteiger partial charge in [0.15, 0.2) is 5.75 Å². The lowest BCUT2D eigenvalue weighted by molar-refractivity contribution is -0.385. The summed E-state index contributed by atoms with van der Waals surface area (Å²) in [6, 6.07) is 14.1. The second-order valence-electron chi connectivity index (χ2n) is 5.86. The fourth-order valence-corrected chi connectivity index (χ4v) is 3.00. The van der Waals surface area contributed by atoms with Crippen molar-refractivity contribution in [2.45, 2.75) is 12.6 Å². The van der Waals surface area contributed by atoms with E-state index in [-0.39, 0.29) is 24.1 Å². The summed E-state index contributed by atoms with van der Waals surface area (Å²) in [5.74, 6) is 0.263. The number of nitrogens with zero attached hydrogens (tertiary/aromatic N) is 2. The summed E-state index contributed by atoms with van der Waals surface area (Å²) in [6.45, 7) is 3.10. The first-order chi connectivity index (χ1) is 12.1. The molecule has 25 heavy (non-hydrogen) atoms. The molecule has 0 saturated carbocycles. The van der Waals surface area contributed by atoms with Gasteiger partial charge in [-0.2, -0.15) is 0 Å². The predicted molar refractivity (Wildman–Crippen MR) is 95.1 cm³/mol. The summed E-state index contributed by atoms with van der Waals surface area (Å²) in [5, 5.41) is 11.8. The SMILES string of the molecule is O=[N+]([O-])c1ccccc1OC[C@H]1CN(Cc2ccccc2Cl)CCO1. The number of halogens is 1. The summed E-state index contributed by atoms with van der Waals surface area (Å²) < 4.78 is 11.4. The average molecular weight is 363 g/mol.